The normalized spacial score (nSPS) is 17.5. The molecule has 2 aromatic carbocycles. The Morgan fingerprint density at radius 3 is 2.41 bits per heavy atom. The molecule has 1 amide bonds. The van der Waals surface area contributed by atoms with Crippen LogP contribution in [0, 0.1) is 12.8 Å². The minimum Gasteiger partial charge on any atom is -0.493 e. The fourth-order valence-corrected chi connectivity index (χ4v) is 4.36. The zero-order valence-electron chi connectivity index (χ0n) is 18.2. The first-order chi connectivity index (χ1) is 15.2. The van der Waals surface area contributed by atoms with Crippen molar-refractivity contribution in [2.45, 2.75) is 39.2 Å². The van der Waals surface area contributed by atoms with Gasteiger partial charge in [-0.05, 0) is 86.8 Å². The van der Waals surface area contributed by atoms with E-state index in [0.29, 0.717) is 31.2 Å². The standard InChI is InChI=1S/C24H27F3N2O3/c1-16-11-21(31-15-18-7-9-28(2)10-8-18)12-19-14-29(23(30)22(16)19)13-17-3-5-20(6-4-17)32-24(25,26)27/h3-6,11-12,18H,7-10,13-15H2,1-2H3. The first kappa shape index (κ1) is 22.5. The average molecular weight is 448 g/mol. The molecule has 0 aromatic heterocycles. The molecule has 0 spiro atoms. The van der Waals surface area contributed by atoms with Crippen molar-refractivity contribution in [1.82, 2.24) is 9.80 Å². The Labute approximate surface area is 185 Å². The molecule has 0 unspecified atom stereocenters. The summed E-state index contributed by atoms with van der Waals surface area (Å²) in [6.45, 7) is 5.52. The van der Waals surface area contributed by atoms with Crippen LogP contribution in [0.3, 0.4) is 0 Å². The van der Waals surface area contributed by atoms with Crippen LogP contribution in [0.5, 0.6) is 11.5 Å². The average Bonchev–Trinajstić information content (AvgIpc) is 3.03. The Balaban J connectivity index is 1.39. The van der Waals surface area contributed by atoms with Crippen molar-refractivity contribution in [2.24, 2.45) is 5.92 Å². The predicted molar refractivity (Wildman–Crippen MR) is 114 cm³/mol. The van der Waals surface area contributed by atoms with Crippen LogP contribution in [0.25, 0.3) is 0 Å². The molecule has 172 valence electrons. The van der Waals surface area contributed by atoms with Gasteiger partial charge < -0.3 is 19.3 Å². The van der Waals surface area contributed by atoms with Crippen LogP contribution < -0.4 is 9.47 Å². The minimum absolute atomic E-state index is 0.0741. The third kappa shape index (κ3) is 5.35. The van der Waals surface area contributed by atoms with Crippen molar-refractivity contribution in [3.63, 3.8) is 0 Å². The lowest BCUT2D eigenvalue weighted by Gasteiger charge is -2.28. The van der Waals surface area contributed by atoms with Gasteiger partial charge in [0.2, 0.25) is 0 Å². The molecule has 2 aromatic rings. The van der Waals surface area contributed by atoms with E-state index in [1.54, 1.807) is 17.0 Å². The Kier molecular flexibility index (Phi) is 6.33. The fourth-order valence-electron chi connectivity index (χ4n) is 4.36. The Morgan fingerprint density at radius 1 is 1.06 bits per heavy atom. The van der Waals surface area contributed by atoms with Crippen molar-refractivity contribution in [3.05, 3.63) is 58.7 Å². The molecular weight excluding hydrogens is 421 g/mol. The zero-order valence-corrected chi connectivity index (χ0v) is 18.2. The van der Waals surface area contributed by atoms with Gasteiger partial charge in [-0.3, -0.25) is 4.79 Å². The number of benzene rings is 2. The Hall–Kier alpha value is -2.74. The molecule has 4 rings (SSSR count). The highest BCUT2D eigenvalue weighted by atomic mass is 19.4. The maximum atomic E-state index is 12.9. The number of nitrogens with zero attached hydrogens (tertiary/aromatic N) is 2. The summed E-state index contributed by atoms with van der Waals surface area (Å²) < 4.78 is 47.0. The number of hydrogen-bond donors (Lipinski definition) is 0. The summed E-state index contributed by atoms with van der Waals surface area (Å²) in [6.07, 6.45) is -2.47. The molecule has 1 saturated heterocycles. The highest BCUT2D eigenvalue weighted by molar-refractivity contribution is 6.00. The van der Waals surface area contributed by atoms with E-state index >= 15 is 0 Å². The number of halogens is 3. The third-order valence-corrected chi connectivity index (χ3v) is 6.11. The molecule has 5 nitrogen and oxygen atoms in total. The number of likely N-dealkylation sites (tertiary alicyclic amines) is 1. The van der Waals surface area contributed by atoms with E-state index < -0.39 is 6.36 Å². The van der Waals surface area contributed by atoms with Crippen LogP contribution in [0.1, 0.15) is 39.9 Å². The minimum atomic E-state index is -4.72. The third-order valence-electron chi connectivity index (χ3n) is 6.11. The predicted octanol–water partition coefficient (Wildman–Crippen LogP) is 4.77. The molecule has 1 fully saturated rings. The van der Waals surface area contributed by atoms with Crippen molar-refractivity contribution in [2.75, 3.05) is 26.7 Å². The van der Waals surface area contributed by atoms with Gasteiger partial charge in [-0.25, -0.2) is 0 Å². The Morgan fingerprint density at radius 2 is 1.75 bits per heavy atom. The first-order valence-electron chi connectivity index (χ1n) is 10.8. The van der Waals surface area contributed by atoms with E-state index in [9.17, 15) is 18.0 Å². The molecule has 2 heterocycles. The second-order valence-corrected chi connectivity index (χ2v) is 8.68. The van der Waals surface area contributed by atoms with Crippen molar-refractivity contribution < 1.29 is 27.4 Å². The molecule has 0 aliphatic carbocycles. The van der Waals surface area contributed by atoms with E-state index in [1.165, 1.54) is 12.1 Å². The lowest BCUT2D eigenvalue weighted by Crippen LogP contribution is -2.32. The van der Waals surface area contributed by atoms with Crippen LogP contribution >= 0.6 is 0 Å². The van der Waals surface area contributed by atoms with Crippen LogP contribution in [0.4, 0.5) is 13.2 Å². The second kappa shape index (κ2) is 9.02. The van der Waals surface area contributed by atoms with Gasteiger partial charge in [-0.15, -0.1) is 13.2 Å². The lowest BCUT2D eigenvalue weighted by molar-refractivity contribution is -0.274. The number of amides is 1. The molecule has 2 aliphatic rings. The number of ether oxygens (including phenoxy) is 2. The number of carbonyl (C=O) groups excluding carboxylic acids is 1. The monoisotopic (exact) mass is 448 g/mol. The second-order valence-electron chi connectivity index (χ2n) is 8.68. The van der Waals surface area contributed by atoms with E-state index in [2.05, 4.69) is 16.7 Å². The van der Waals surface area contributed by atoms with Gasteiger partial charge in [0.1, 0.15) is 11.5 Å². The number of rotatable bonds is 6. The fraction of sp³-hybridized carbons (Fsp3) is 0.458. The highest BCUT2D eigenvalue weighted by Gasteiger charge is 2.32. The molecule has 8 heteroatoms. The number of carbonyl (C=O) groups is 1. The van der Waals surface area contributed by atoms with Crippen molar-refractivity contribution >= 4 is 5.91 Å². The van der Waals surface area contributed by atoms with Gasteiger partial charge in [0.15, 0.2) is 0 Å². The van der Waals surface area contributed by atoms with Crippen LogP contribution in [-0.4, -0.2) is 48.8 Å². The zero-order chi connectivity index (χ0) is 22.9. The van der Waals surface area contributed by atoms with Gasteiger partial charge >= 0.3 is 6.36 Å². The van der Waals surface area contributed by atoms with Gasteiger partial charge in [0.25, 0.3) is 5.91 Å². The van der Waals surface area contributed by atoms with Crippen LogP contribution in [0.2, 0.25) is 0 Å². The summed E-state index contributed by atoms with van der Waals surface area (Å²) in [5, 5.41) is 0. The molecule has 0 radical (unpaired) electrons. The molecule has 0 bridgehead atoms. The van der Waals surface area contributed by atoms with E-state index in [-0.39, 0.29) is 11.7 Å². The van der Waals surface area contributed by atoms with E-state index in [4.69, 9.17) is 4.74 Å². The summed E-state index contributed by atoms with van der Waals surface area (Å²) >= 11 is 0. The molecule has 32 heavy (non-hydrogen) atoms. The number of fused-ring (bicyclic) bond motifs is 1. The van der Waals surface area contributed by atoms with Crippen LogP contribution in [-0.2, 0) is 13.1 Å². The number of hydrogen-bond acceptors (Lipinski definition) is 4. The van der Waals surface area contributed by atoms with Gasteiger partial charge in [0, 0.05) is 18.7 Å². The maximum Gasteiger partial charge on any atom is 0.573 e. The topological polar surface area (TPSA) is 42.0 Å². The quantitative estimate of drug-likeness (QED) is 0.639. The number of alkyl halides is 3. The summed E-state index contributed by atoms with van der Waals surface area (Å²) in [7, 11) is 2.13. The molecule has 0 atom stereocenters. The summed E-state index contributed by atoms with van der Waals surface area (Å²) in [4.78, 5) is 16.9. The molecule has 2 aliphatic heterocycles. The van der Waals surface area contributed by atoms with Crippen LogP contribution in [0.15, 0.2) is 36.4 Å². The summed E-state index contributed by atoms with van der Waals surface area (Å²) in [5.74, 6) is 0.972. The first-order valence-corrected chi connectivity index (χ1v) is 10.8. The molecular formula is C24H27F3N2O3. The summed E-state index contributed by atoms with van der Waals surface area (Å²) in [5.41, 5.74) is 3.22. The smallest absolute Gasteiger partial charge is 0.493 e. The lowest BCUT2D eigenvalue weighted by atomic mass is 9.98. The maximum absolute atomic E-state index is 12.9. The van der Waals surface area contributed by atoms with Crippen molar-refractivity contribution in [1.29, 1.82) is 0 Å². The SMILES string of the molecule is Cc1cc(OCC2CCN(C)CC2)cc2c1C(=O)N(Cc1ccc(OC(F)(F)F)cc1)C2. The molecule has 0 N–H and O–H groups in total. The summed E-state index contributed by atoms with van der Waals surface area (Å²) in [6, 6.07) is 9.46. The van der Waals surface area contributed by atoms with Gasteiger partial charge in [0.05, 0.1) is 6.61 Å². The number of piperidine rings is 1. The Bertz CT molecular complexity index is 968. The van der Waals surface area contributed by atoms with E-state index in [0.717, 1.165) is 48.4 Å². The molecule has 0 saturated carbocycles. The van der Waals surface area contributed by atoms with Gasteiger partial charge in [-0.2, -0.15) is 0 Å². The highest BCUT2D eigenvalue weighted by Crippen LogP contribution is 2.32. The van der Waals surface area contributed by atoms with Crippen molar-refractivity contribution in [3.8, 4) is 11.5 Å². The van der Waals surface area contributed by atoms with E-state index in [1.807, 2.05) is 19.1 Å². The largest absolute Gasteiger partial charge is 0.573 e. The van der Waals surface area contributed by atoms with Gasteiger partial charge in [-0.1, -0.05) is 12.1 Å². The number of aryl methyl sites for hydroxylation is 1.